The molecular formula is C23H25N3O4. The molecule has 1 heterocycles. The maximum absolute atomic E-state index is 12.4. The quantitative estimate of drug-likeness (QED) is 0.574. The average Bonchev–Trinajstić information content (AvgIpc) is 3.05. The third-order valence-corrected chi connectivity index (χ3v) is 4.56. The van der Waals surface area contributed by atoms with Gasteiger partial charge in [0.05, 0.1) is 22.8 Å². The van der Waals surface area contributed by atoms with E-state index in [9.17, 15) is 9.59 Å². The van der Waals surface area contributed by atoms with Crippen molar-refractivity contribution in [3.8, 4) is 11.4 Å². The number of amides is 1. The number of hydrogen-bond donors (Lipinski definition) is 1. The van der Waals surface area contributed by atoms with E-state index in [1.54, 1.807) is 16.8 Å². The predicted octanol–water partition coefficient (Wildman–Crippen LogP) is 3.83. The molecule has 1 atom stereocenters. The van der Waals surface area contributed by atoms with Gasteiger partial charge in [-0.3, -0.25) is 4.79 Å². The number of carbonyl (C=O) groups excluding carboxylic acids is 2. The molecule has 0 fully saturated rings. The summed E-state index contributed by atoms with van der Waals surface area (Å²) in [7, 11) is 0. The van der Waals surface area contributed by atoms with E-state index in [1.165, 1.54) is 0 Å². The van der Waals surface area contributed by atoms with Crippen molar-refractivity contribution in [1.29, 1.82) is 0 Å². The van der Waals surface area contributed by atoms with Crippen LogP contribution in [0.4, 0.5) is 5.69 Å². The van der Waals surface area contributed by atoms with Crippen LogP contribution in [0.2, 0.25) is 0 Å². The average molecular weight is 407 g/mol. The molecule has 0 saturated carbocycles. The van der Waals surface area contributed by atoms with Gasteiger partial charge in [0.1, 0.15) is 5.75 Å². The van der Waals surface area contributed by atoms with E-state index >= 15 is 0 Å². The molecule has 156 valence electrons. The maximum atomic E-state index is 12.4. The fourth-order valence-corrected chi connectivity index (χ4v) is 3.01. The molecule has 7 nitrogen and oxygen atoms in total. The van der Waals surface area contributed by atoms with Gasteiger partial charge in [0.25, 0.3) is 5.91 Å². The van der Waals surface area contributed by atoms with E-state index in [-0.39, 0.29) is 0 Å². The Kier molecular flexibility index (Phi) is 6.85. The van der Waals surface area contributed by atoms with Gasteiger partial charge in [-0.05, 0) is 44.5 Å². The normalized spacial score (nSPS) is 11.6. The second-order valence-electron chi connectivity index (χ2n) is 6.78. The number of para-hydroxylation sites is 2. The summed E-state index contributed by atoms with van der Waals surface area (Å²) in [4.78, 5) is 24.7. The summed E-state index contributed by atoms with van der Waals surface area (Å²) in [5.74, 6) is -0.438. The van der Waals surface area contributed by atoms with E-state index in [2.05, 4.69) is 10.4 Å². The fourth-order valence-electron chi connectivity index (χ4n) is 3.01. The number of nitrogens with one attached hydrogen (secondary N) is 1. The van der Waals surface area contributed by atoms with Crippen molar-refractivity contribution in [3.05, 3.63) is 72.1 Å². The van der Waals surface area contributed by atoms with Crippen LogP contribution in [-0.2, 0) is 14.3 Å². The first-order valence-electron chi connectivity index (χ1n) is 9.79. The van der Waals surface area contributed by atoms with E-state index in [1.807, 2.05) is 69.3 Å². The van der Waals surface area contributed by atoms with Crippen molar-refractivity contribution in [3.63, 3.8) is 0 Å². The maximum Gasteiger partial charge on any atom is 0.347 e. The largest absolute Gasteiger partial charge is 0.479 e. The summed E-state index contributed by atoms with van der Waals surface area (Å²) < 4.78 is 12.6. The number of esters is 1. The summed E-state index contributed by atoms with van der Waals surface area (Å²) >= 11 is 0. The number of nitrogens with zero attached hydrogens (tertiary/aromatic N) is 2. The van der Waals surface area contributed by atoms with Gasteiger partial charge in [0, 0.05) is 0 Å². The Balaban J connectivity index is 1.59. The Morgan fingerprint density at radius 3 is 2.30 bits per heavy atom. The zero-order valence-electron chi connectivity index (χ0n) is 17.3. The first-order valence-corrected chi connectivity index (χ1v) is 9.79. The number of ether oxygens (including phenoxy) is 2. The topological polar surface area (TPSA) is 82.4 Å². The summed E-state index contributed by atoms with van der Waals surface area (Å²) in [5.41, 5.74) is 2.97. The predicted molar refractivity (Wildman–Crippen MR) is 114 cm³/mol. The van der Waals surface area contributed by atoms with Crippen molar-refractivity contribution in [2.45, 2.75) is 33.3 Å². The zero-order chi connectivity index (χ0) is 21.5. The molecule has 0 radical (unpaired) electrons. The Bertz CT molecular complexity index is 1000. The van der Waals surface area contributed by atoms with Gasteiger partial charge < -0.3 is 14.8 Å². The zero-order valence-corrected chi connectivity index (χ0v) is 17.3. The minimum absolute atomic E-state index is 0.400. The molecule has 2 aromatic carbocycles. The van der Waals surface area contributed by atoms with Crippen molar-refractivity contribution >= 4 is 17.6 Å². The Labute approximate surface area is 175 Å². The fraction of sp³-hybridized carbons (Fsp3) is 0.261. The molecule has 7 heteroatoms. The molecule has 0 unspecified atom stereocenters. The molecule has 1 amide bonds. The van der Waals surface area contributed by atoms with Crippen LogP contribution in [0, 0.1) is 13.8 Å². The highest BCUT2D eigenvalue weighted by atomic mass is 16.6. The van der Waals surface area contributed by atoms with Gasteiger partial charge in [-0.1, -0.05) is 43.3 Å². The van der Waals surface area contributed by atoms with Crippen LogP contribution < -0.4 is 10.1 Å². The lowest BCUT2D eigenvalue weighted by molar-refractivity contribution is -0.154. The van der Waals surface area contributed by atoms with E-state index in [0.717, 1.165) is 11.4 Å². The van der Waals surface area contributed by atoms with Crippen molar-refractivity contribution < 1.29 is 19.1 Å². The minimum Gasteiger partial charge on any atom is -0.479 e. The second-order valence-corrected chi connectivity index (χ2v) is 6.78. The monoisotopic (exact) mass is 407 g/mol. The molecule has 0 aliphatic carbocycles. The number of rotatable bonds is 8. The smallest absolute Gasteiger partial charge is 0.347 e. The summed E-state index contributed by atoms with van der Waals surface area (Å²) in [6.07, 6.45) is -0.346. The number of aryl methyl sites for hydroxylation is 1. The van der Waals surface area contributed by atoms with Crippen LogP contribution in [0.25, 0.3) is 5.69 Å². The number of anilines is 1. The summed E-state index contributed by atoms with van der Waals surface area (Å²) in [6.45, 7) is 5.10. The van der Waals surface area contributed by atoms with Crippen molar-refractivity contribution in [1.82, 2.24) is 9.78 Å². The highest BCUT2D eigenvalue weighted by Crippen LogP contribution is 2.22. The van der Waals surface area contributed by atoms with Crippen LogP contribution in [-0.4, -0.2) is 34.4 Å². The van der Waals surface area contributed by atoms with Crippen molar-refractivity contribution in [2.75, 3.05) is 11.9 Å². The Hall–Kier alpha value is -3.61. The van der Waals surface area contributed by atoms with E-state index in [0.29, 0.717) is 23.6 Å². The third kappa shape index (κ3) is 5.05. The number of benzene rings is 2. The van der Waals surface area contributed by atoms with Crippen LogP contribution in [0.1, 0.15) is 24.7 Å². The van der Waals surface area contributed by atoms with Gasteiger partial charge in [-0.15, -0.1) is 0 Å². The van der Waals surface area contributed by atoms with Crippen molar-refractivity contribution in [2.24, 2.45) is 0 Å². The summed E-state index contributed by atoms with van der Waals surface area (Å²) in [5, 5.41) is 7.28. The van der Waals surface area contributed by atoms with Crippen LogP contribution in [0.5, 0.6) is 5.75 Å². The first kappa shape index (κ1) is 21.1. The number of carbonyl (C=O) groups is 2. The molecule has 1 N–H and O–H groups in total. The Morgan fingerprint density at radius 2 is 1.67 bits per heavy atom. The van der Waals surface area contributed by atoms with Gasteiger partial charge in [-0.2, -0.15) is 5.10 Å². The van der Waals surface area contributed by atoms with E-state index < -0.39 is 24.6 Å². The molecule has 0 aliphatic heterocycles. The van der Waals surface area contributed by atoms with Gasteiger partial charge in [0.15, 0.2) is 12.7 Å². The highest BCUT2D eigenvalue weighted by Gasteiger charge is 2.22. The first-order chi connectivity index (χ1) is 14.5. The SMILES string of the molecule is CC[C@@H](Oc1ccccc1)C(=O)OCC(=O)Nc1c(C)nn(-c2ccccc2)c1C. The van der Waals surface area contributed by atoms with Crippen LogP contribution in [0.15, 0.2) is 60.7 Å². The van der Waals surface area contributed by atoms with E-state index in [4.69, 9.17) is 9.47 Å². The molecule has 0 saturated heterocycles. The van der Waals surface area contributed by atoms with Crippen LogP contribution in [0.3, 0.4) is 0 Å². The highest BCUT2D eigenvalue weighted by molar-refractivity contribution is 5.94. The lowest BCUT2D eigenvalue weighted by Crippen LogP contribution is -2.31. The van der Waals surface area contributed by atoms with Gasteiger partial charge >= 0.3 is 5.97 Å². The third-order valence-electron chi connectivity index (χ3n) is 4.56. The molecule has 3 rings (SSSR count). The van der Waals surface area contributed by atoms with Gasteiger partial charge in [-0.25, -0.2) is 9.48 Å². The number of aromatic nitrogens is 2. The van der Waals surface area contributed by atoms with Crippen LogP contribution >= 0.6 is 0 Å². The van der Waals surface area contributed by atoms with Gasteiger partial charge in [0.2, 0.25) is 0 Å². The lowest BCUT2D eigenvalue weighted by atomic mass is 10.2. The molecule has 30 heavy (non-hydrogen) atoms. The number of hydrogen-bond acceptors (Lipinski definition) is 5. The Morgan fingerprint density at radius 1 is 1.03 bits per heavy atom. The molecule has 0 aliphatic rings. The summed E-state index contributed by atoms with van der Waals surface area (Å²) in [6, 6.07) is 18.7. The molecular weight excluding hydrogens is 382 g/mol. The minimum atomic E-state index is -0.774. The lowest BCUT2D eigenvalue weighted by Gasteiger charge is -2.16. The second kappa shape index (κ2) is 9.73. The molecule has 3 aromatic rings. The molecule has 0 bridgehead atoms. The molecule has 1 aromatic heterocycles. The molecule has 0 spiro atoms. The standard InChI is InChI=1S/C23H25N3O4/c1-4-20(30-19-13-9-6-10-14-19)23(28)29-15-21(27)24-22-16(2)25-26(17(22)3)18-11-7-5-8-12-18/h5-14,20H,4,15H2,1-3H3,(H,24,27)/t20-/m1/s1.